The molecule has 1 aromatic carbocycles. The first-order chi connectivity index (χ1) is 11.8. The van der Waals surface area contributed by atoms with Crippen molar-refractivity contribution in [1.29, 1.82) is 0 Å². The third kappa shape index (κ3) is 4.13. The third-order valence-electron chi connectivity index (χ3n) is 3.29. The lowest BCUT2D eigenvalue weighted by molar-refractivity contribution is -0.114. The number of aromatic nitrogens is 1. The molecule has 0 atom stereocenters. The zero-order valence-corrected chi connectivity index (χ0v) is 13.1. The summed E-state index contributed by atoms with van der Waals surface area (Å²) in [5, 5.41) is 21.2. The van der Waals surface area contributed by atoms with E-state index in [-0.39, 0.29) is 11.3 Å². The molecule has 6 nitrogen and oxygen atoms in total. The number of anilines is 1. The highest BCUT2D eigenvalue weighted by Gasteiger charge is 2.15. The number of hydrogen-bond donors (Lipinski definition) is 3. The smallest absolute Gasteiger partial charge is 0.246 e. The fourth-order valence-corrected chi connectivity index (χ4v) is 1.95. The number of benzene rings is 1. The van der Waals surface area contributed by atoms with Gasteiger partial charge in [-0.2, -0.15) is 0 Å². The fraction of sp³-hybridized carbons (Fsp3) is 0.188. The zero-order valence-electron chi connectivity index (χ0n) is 13.1. The average Bonchev–Trinajstić information content (AvgIpc) is 2.59. The summed E-state index contributed by atoms with van der Waals surface area (Å²) < 4.78 is 39.4. The molecule has 9 heteroatoms. The van der Waals surface area contributed by atoms with Crippen molar-refractivity contribution in [2.24, 2.45) is 4.99 Å². The SMILES string of the molecule is Cc1ncc(CO)c(C=NCC(=O)Nc2ccc(F)c(F)c2F)c1O. The van der Waals surface area contributed by atoms with Crippen LogP contribution in [-0.4, -0.2) is 33.9 Å². The van der Waals surface area contributed by atoms with Gasteiger partial charge in [0.2, 0.25) is 5.91 Å². The van der Waals surface area contributed by atoms with E-state index in [4.69, 9.17) is 0 Å². The van der Waals surface area contributed by atoms with E-state index in [2.05, 4.69) is 15.3 Å². The molecular formula is C16H14F3N3O3. The number of nitrogens with zero attached hydrogens (tertiary/aromatic N) is 2. The lowest BCUT2D eigenvalue weighted by atomic mass is 10.1. The number of aromatic hydroxyl groups is 1. The summed E-state index contributed by atoms with van der Waals surface area (Å²) in [4.78, 5) is 19.4. The molecule has 0 bridgehead atoms. The van der Waals surface area contributed by atoms with E-state index < -0.39 is 42.2 Å². The summed E-state index contributed by atoms with van der Waals surface area (Å²) in [7, 11) is 0. The number of aryl methyl sites for hydroxylation is 1. The number of pyridine rings is 1. The van der Waals surface area contributed by atoms with Gasteiger partial charge >= 0.3 is 0 Å². The lowest BCUT2D eigenvalue weighted by Gasteiger charge is -2.07. The summed E-state index contributed by atoms with van der Waals surface area (Å²) in [6.07, 6.45) is 2.52. The van der Waals surface area contributed by atoms with Crippen molar-refractivity contribution in [1.82, 2.24) is 4.98 Å². The maximum absolute atomic E-state index is 13.5. The first-order valence-electron chi connectivity index (χ1n) is 7.06. The van der Waals surface area contributed by atoms with Crippen LogP contribution in [-0.2, 0) is 11.4 Å². The molecule has 132 valence electrons. The van der Waals surface area contributed by atoms with Gasteiger partial charge in [-0.3, -0.25) is 14.8 Å². The quantitative estimate of drug-likeness (QED) is 0.566. The minimum Gasteiger partial charge on any atom is -0.505 e. The highest BCUT2D eigenvalue weighted by Crippen LogP contribution is 2.22. The minimum absolute atomic E-state index is 0.192. The molecule has 2 aromatic rings. The minimum atomic E-state index is -1.69. The number of aliphatic hydroxyl groups excluding tert-OH is 1. The summed E-state index contributed by atoms with van der Waals surface area (Å²) in [6.45, 7) is 0.685. The Balaban J connectivity index is 2.10. The van der Waals surface area contributed by atoms with E-state index >= 15 is 0 Å². The largest absolute Gasteiger partial charge is 0.505 e. The fourth-order valence-electron chi connectivity index (χ4n) is 1.95. The van der Waals surface area contributed by atoms with Gasteiger partial charge in [0.25, 0.3) is 0 Å². The highest BCUT2D eigenvalue weighted by molar-refractivity contribution is 5.94. The number of carbonyl (C=O) groups is 1. The van der Waals surface area contributed by atoms with Crippen LogP contribution in [0.15, 0.2) is 23.3 Å². The van der Waals surface area contributed by atoms with Gasteiger partial charge < -0.3 is 15.5 Å². The molecule has 3 N–H and O–H groups in total. The molecule has 1 aromatic heterocycles. The van der Waals surface area contributed by atoms with Gasteiger partial charge in [0, 0.05) is 23.5 Å². The normalized spacial score (nSPS) is 11.1. The number of carbonyl (C=O) groups excluding carboxylic acids is 1. The standard InChI is InChI=1S/C16H14F3N3O3/c1-8-16(25)10(9(7-23)4-21-8)5-20-6-13(24)22-12-3-2-11(17)14(18)15(12)19/h2-5,23,25H,6-7H2,1H3,(H,22,24). The van der Waals surface area contributed by atoms with E-state index in [0.29, 0.717) is 17.3 Å². The Morgan fingerprint density at radius 1 is 1.32 bits per heavy atom. The Bertz CT molecular complexity index is 841. The van der Waals surface area contributed by atoms with Gasteiger partial charge in [-0.1, -0.05) is 0 Å². The maximum atomic E-state index is 13.5. The average molecular weight is 353 g/mol. The predicted molar refractivity (Wildman–Crippen MR) is 84.0 cm³/mol. The van der Waals surface area contributed by atoms with Crippen molar-refractivity contribution in [3.63, 3.8) is 0 Å². The van der Waals surface area contributed by atoms with E-state index in [1.807, 2.05) is 0 Å². The molecule has 0 aliphatic carbocycles. The molecule has 1 heterocycles. The first kappa shape index (κ1) is 18.4. The second kappa shape index (κ2) is 7.75. The van der Waals surface area contributed by atoms with Crippen molar-refractivity contribution in [3.05, 3.63) is 52.6 Å². The Morgan fingerprint density at radius 2 is 2.04 bits per heavy atom. The summed E-state index contributed by atoms with van der Waals surface area (Å²) in [6, 6.07) is 1.57. The van der Waals surface area contributed by atoms with E-state index in [1.54, 1.807) is 6.92 Å². The van der Waals surface area contributed by atoms with Crippen LogP contribution in [0.3, 0.4) is 0 Å². The molecule has 0 unspecified atom stereocenters. The predicted octanol–water partition coefficient (Wildman–Crippen LogP) is 2.06. The van der Waals surface area contributed by atoms with E-state index in [9.17, 15) is 28.2 Å². The summed E-state index contributed by atoms with van der Waals surface area (Å²) in [5.74, 6) is -5.54. The van der Waals surface area contributed by atoms with Crippen LogP contribution < -0.4 is 5.32 Å². The zero-order chi connectivity index (χ0) is 18.6. The molecule has 0 fully saturated rings. The number of nitrogens with one attached hydrogen (secondary N) is 1. The van der Waals surface area contributed by atoms with Crippen molar-refractivity contribution in [2.75, 3.05) is 11.9 Å². The molecule has 0 saturated carbocycles. The van der Waals surface area contributed by atoms with Gasteiger partial charge in [-0.15, -0.1) is 0 Å². The highest BCUT2D eigenvalue weighted by atomic mass is 19.2. The molecular weight excluding hydrogens is 339 g/mol. The third-order valence-corrected chi connectivity index (χ3v) is 3.29. The number of halogens is 3. The monoisotopic (exact) mass is 353 g/mol. The van der Waals surface area contributed by atoms with Crippen LogP contribution in [0.5, 0.6) is 5.75 Å². The molecule has 0 saturated heterocycles. The van der Waals surface area contributed by atoms with Crippen molar-refractivity contribution >= 4 is 17.8 Å². The van der Waals surface area contributed by atoms with Gasteiger partial charge in [-0.05, 0) is 19.1 Å². The van der Waals surface area contributed by atoms with Crippen molar-refractivity contribution in [3.8, 4) is 5.75 Å². The molecule has 0 spiro atoms. The van der Waals surface area contributed by atoms with Crippen LogP contribution in [0.25, 0.3) is 0 Å². The van der Waals surface area contributed by atoms with Crippen molar-refractivity contribution < 1.29 is 28.2 Å². The second-order valence-electron chi connectivity index (χ2n) is 5.03. The number of hydrogen-bond acceptors (Lipinski definition) is 5. The van der Waals surface area contributed by atoms with Gasteiger partial charge in [-0.25, -0.2) is 13.2 Å². The maximum Gasteiger partial charge on any atom is 0.246 e. The Kier molecular flexibility index (Phi) is 5.71. The molecule has 1 amide bonds. The topological polar surface area (TPSA) is 94.8 Å². The molecule has 0 radical (unpaired) electrons. The number of amides is 1. The molecule has 2 rings (SSSR count). The van der Waals surface area contributed by atoms with Gasteiger partial charge in [0.15, 0.2) is 17.5 Å². The van der Waals surface area contributed by atoms with Gasteiger partial charge in [0.05, 0.1) is 18.0 Å². The number of aliphatic imine (C=N–C) groups is 1. The molecule has 25 heavy (non-hydrogen) atoms. The molecule has 0 aliphatic heterocycles. The van der Waals surface area contributed by atoms with E-state index in [1.165, 1.54) is 6.20 Å². The second-order valence-corrected chi connectivity index (χ2v) is 5.03. The number of aliphatic hydroxyl groups is 1. The Morgan fingerprint density at radius 3 is 2.72 bits per heavy atom. The van der Waals surface area contributed by atoms with Crippen LogP contribution in [0, 0.1) is 24.4 Å². The Labute approximate surface area is 140 Å². The Hall–Kier alpha value is -2.94. The van der Waals surface area contributed by atoms with E-state index in [0.717, 1.165) is 12.3 Å². The molecule has 0 aliphatic rings. The number of rotatable bonds is 5. The van der Waals surface area contributed by atoms with Crippen LogP contribution in [0.1, 0.15) is 16.8 Å². The van der Waals surface area contributed by atoms with Crippen LogP contribution in [0.4, 0.5) is 18.9 Å². The summed E-state index contributed by atoms with van der Waals surface area (Å²) >= 11 is 0. The van der Waals surface area contributed by atoms with Crippen LogP contribution >= 0.6 is 0 Å². The lowest BCUT2D eigenvalue weighted by Crippen LogP contribution is -2.16. The van der Waals surface area contributed by atoms with Gasteiger partial charge in [0.1, 0.15) is 12.3 Å². The first-order valence-corrected chi connectivity index (χ1v) is 7.06. The van der Waals surface area contributed by atoms with Crippen molar-refractivity contribution in [2.45, 2.75) is 13.5 Å². The van der Waals surface area contributed by atoms with Crippen LogP contribution in [0.2, 0.25) is 0 Å². The summed E-state index contributed by atoms with van der Waals surface area (Å²) in [5.41, 5.74) is 0.297.